The van der Waals surface area contributed by atoms with E-state index < -0.39 is 17.8 Å². The van der Waals surface area contributed by atoms with Gasteiger partial charge in [-0.1, -0.05) is 78.3 Å². The molecule has 1 amide bonds. The second kappa shape index (κ2) is 10.0. The summed E-state index contributed by atoms with van der Waals surface area (Å²) in [4.78, 5) is 23.7. The largest absolute Gasteiger partial charge is 0.456 e. The lowest BCUT2D eigenvalue weighted by Gasteiger charge is -2.15. The fourth-order valence-electron chi connectivity index (χ4n) is 4.77. The van der Waals surface area contributed by atoms with Crippen LogP contribution in [0.2, 0.25) is 5.02 Å². The number of furan rings is 2. The summed E-state index contributed by atoms with van der Waals surface area (Å²) in [6.07, 6.45) is 1.98. The van der Waals surface area contributed by atoms with Crippen molar-refractivity contribution in [3.05, 3.63) is 101 Å². The van der Waals surface area contributed by atoms with Crippen LogP contribution in [0.25, 0.3) is 33.6 Å². The van der Waals surface area contributed by atoms with Crippen LogP contribution in [0.3, 0.4) is 0 Å². The summed E-state index contributed by atoms with van der Waals surface area (Å²) in [5, 5.41) is 3.97. The first kappa shape index (κ1) is 24.8. The third-order valence-electron chi connectivity index (χ3n) is 7.04. The van der Waals surface area contributed by atoms with Crippen LogP contribution in [0.4, 0.5) is 10.5 Å². The molecule has 7 nitrogen and oxygen atoms in total. The van der Waals surface area contributed by atoms with E-state index in [9.17, 15) is 9.59 Å². The number of hydrogen-bond donors (Lipinski definition) is 1. The van der Waals surface area contributed by atoms with Gasteiger partial charge in [-0.3, -0.25) is 10.1 Å². The highest BCUT2D eigenvalue weighted by Crippen LogP contribution is 2.49. The van der Waals surface area contributed by atoms with Gasteiger partial charge < -0.3 is 18.3 Å². The number of fused-ring (bicyclic) bond motifs is 1. The molecule has 5 aromatic rings. The molecule has 0 bridgehead atoms. The maximum atomic E-state index is 12.9. The molecule has 1 atom stereocenters. The molecule has 3 aromatic carbocycles. The first-order chi connectivity index (χ1) is 19.0. The predicted octanol–water partition coefficient (Wildman–Crippen LogP) is 8.49. The van der Waals surface area contributed by atoms with Crippen molar-refractivity contribution in [1.29, 1.82) is 0 Å². The molecule has 1 N–H and O–H groups in total. The first-order valence-corrected chi connectivity index (χ1v) is 12.9. The van der Waals surface area contributed by atoms with Crippen molar-refractivity contribution in [3.8, 4) is 22.5 Å². The fraction of sp³-hybridized carbons (Fsp3) is 0.161. The summed E-state index contributed by atoms with van der Waals surface area (Å²) in [6.45, 7) is 2.28. The molecule has 39 heavy (non-hydrogen) atoms. The lowest BCUT2D eigenvalue weighted by atomic mass is 9.99. The van der Waals surface area contributed by atoms with Gasteiger partial charge in [0.2, 0.25) is 0 Å². The van der Waals surface area contributed by atoms with Crippen LogP contribution < -0.4 is 5.32 Å². The second-order valence-corrected chi connectivity index (χ2v) is 9.89. The number of amides is 1. The monoisotopic (exact) mass is 541 g/mol. The van der Waals surface area contributed by atoms with Crippen LogP contribution in [0.1, 0.15) is 37.0 Å². The van der Waals surface area contributed by atoms with Crippen LogP contribution in [0.5, 0.6) is 0 Å². The van der Waals surface area contributed by atoms with Crippen molar-refractivity contribution >= 4 is 41.0 Å². The Hall–Kier alpha value is -4.49. The number of rotatable bonds is 8. The summed E-state index contributed by atoms with van der Waals surface area (Å²) >= 11 is 6.26. The van der Waals surface area contributed by atoms with Gasteiger partial charge in [-0.25, -0.2) is 4.79 Å². The highest BCUT2D eigenvalue weighted by atomic mass is 35.5. The molecule has 1 fully saturated rings. The van der Waals surface area contributed by atoms with E-state index in [2.05, 4.69) is 5.32 Å². The molecule has 8 heteroatoms. The van der Waals surface area contributed by atoms with Gasteiger partial charge in [0.15, 0.2) is 5.76 Å². The topological polar surface area (TPSA) is 90.9 Å². The zero-order valence-electron chi connectivity index (χ0n) is 21.0. The maximum Gasteiger partial charge on any atom is 0.412 e. The van der Waals surface area contributed by atoms with E-state index in [1.54, 1.807) is 19.1 Å². The number of hydrogen-bond acceptors (Lipinski definition) is 6. The molecule has 0 aliphatic heterocycles. The molecule has 6 rings (SSSR count). The van der Waals surface area contributed by atoms with Gasteiger partial charge in [0.05, 0.1) is 11.6 Å². The highest BCUT2D eigenvalue weighted by Gasteiger charge is 2.46. The predicted molar refractivity (Wildman–Crippen MR) is 147 cm³/mol. The Morgan fingerprint density at radius 1 is 0.974 bits per heavy atom. The lowest BCUT2D eigenvalue weighted by Crippen LogP contribution is -2.16. The molecule has 0 radical (unpaired) electrons. The van der Waals surface area contributed by atoms with E-state index >= 15 is 0 Å². The first-order valence-electron chi connectivity index (χ1n) is 12.5. The number of ether oxygens (including phenoxy) is 2. The summed E-state index contributed by atoms with van der Waals surface area (Å²) in [6, 6.07) is 24.8. The van der Waals surface area contributed by atoms with Crippen LogP contribution in [-0.2, 0) is 19.9 Å². The standard InChI is InChI=1S/C31H24ClNO6/c1-19(24-4-2-3-5-26(24)32)38-30(35)33-27-25-14-17-36-29(25)39-28(27)22-8-6-20(7-9-22)21-10-12-23(13-11-21)31(15-16-31)37-18-34/h2-14,17-19H,15-16H2,1H3,(H,33,35). The van der Waals surface area contributed by atoms with Gasteiger partial charge in [-0.2, -0.15) is 0 Å². The van der Waals surface area contributed by atoms with Gasteiger partial charge >= 0.3 is 6.09 Å². The Labute approximate surface area is 229 Å². The van der Waals surface area contributed by atoms with Crippen LogP contribution in [0.15, 0.2) is 94.0 Å². The molecule has 1 aliphatic carbocycles. The third-order valence-corrected chi connectivity index (χ3v) is 7.39. The fourth-order valence-corrected chi connectivity index (χ4v) is 5.06. The van der Waals surface area contributed by atoms with Gasteiger partial charge in [-0.15, -0.1) is 0 Å². The number of nitrogens with one attached hydrogen (secondary N) is 1. The van der Waals surface area contributed by atoms with E-state index in [0.29, 0.717) is 39.7 Å². The van der Waals surface area contributed by atoms with E-state index in [0.717, 1.165) is 35.1 Å². The smallest absolute Gasteiger partial charge is 0.412 e. The summed E-state index contributed by atoms with van der Waals surface area (Å²) in [7, 11) is 0. The second-order valence-electron chi connectivity index (χ2n) is 9.49. The van der Waals surface area contributed by atoms with Crippen LogP contribution >= 0.6 is 11.6 Å². The minimum atomic E-state index is -0.642. The van der Waals surface area contributed by atoms with Crippen molar-refractivity contribution < 1.29 is 27.9 Å². The van der Waals surface area contributed by atoms with Gasteiger partial charge in [-0.05, 0) is 48.6 Å². The highest BCUT2D eigenvalue weighted by molar-refractivity contribution is 6.31. The van der Waals surface area contributed by atoms with Crippen molar-refractivity contribution in [2.45, 2.75) is 31.5 Å². The molecule has 1 unspecified atom stereocenters. The SMILES string of the molecule is CC(OC(=O)Nc1c(-c2ccc(-c3ccc(C4(OC=O)CC4)cc3)cc2)oc2occc12)c1ccccc1Cl. The molecule has 196 valence electrons. The summed E-state index contributed by atoms with van der Waals surface area (Å²) in [5.74, 6) is 0.751. The number of carbonyl (C=O) groups excluding carboxylic acids is 2. The molecule has 1 aliphatic rings. The average molecular weight is 542 g/mol. The minimum absolute atomic E-state index is 0.297. The quantitative estimate of drug-likeness (QED) is 0.198. The summed E-state index contributed by atoms with van der Waals surface area (Å²) in [5.41, 5.74) is 4.49. The zero-order valence-corrected chi connectivity index (χ0v) is 21.7. The lowest BCUT2D eigenvalue weighted by molar-refractivity contribution is -0.136. The Kier molecular flexibility index (Phi) is 6.37. The maximum absolute atomic E-state index is 12.9. The Morgan fingerprint density at radius 2 is 1.64 bits per heavy atom. The Morgan fingerprint density at radius 3 is 2.31 bits per heavy atom. The third kappa shape index (κ3) is 4.77. The van der Waals surface area contributed by atoms with Crippen molar-refractivity contribution in [2.24, 2.45) is 0 Å². The van der Waals surface area contributed by atoms with Crippen molar-refractivity contribution in [3.63, 3.8) is 0 Å². The Balaban J connectivity index is 1.22. The van der Waals surface area contributed by atoms with Gasteiger partial charge in [0.25, 0.3) is 12.3 Å². The number of carbonyl (C=O) groups is 2. The van der Waals surface area contributed by atoms with E-state index in [-0.39, 0.29) is 0 Å². The van der Waals surface area contributed by atoms with E-state index in [4.69, 9.17) is 29.9 Å². The molecule has 2 aromatic heterocycles. The van der Waals surface area contributed by atoms with E-state index in [1.165, 1.54) is 6.26 Å². The average Bonchev–Trinajstić information content (AvgIpc) is 3.45. The van der Waals surface area contributed by atoms with Crippen molar-refractivity contribution in [1.82, 2.24) is 0 Å². The van der Waals surface area contributed by atoms with Crippen LogP contribution in [0, 0.1) is 0 Å². The van der Waals surface area contributed by atoms with Crippen molar-refractivity contribution in [2.75, 3.05) is 5.32 Å². The Bertz CT molecular complexity index is 1650. The minimum Gasteiger partial charge on any atom is -0.456 e. The normalized spacial score (nSPS) is 14.5. The molecule has 1 saturated carbocycles. The molecular weight excluding hydrogens is 518 g/mol. The van der Waals surface area contributed by atoms with Gasteiger partial charge in [0, 0.05) is 16.1 Å². The molecule has 2 heterocycles. The number of benzene rings is 3. The molecular formula is C31H24ClNO6. The number of halogens is 1. The summed E-state index contributed by atoms with van der Waals surface area (Å²) < 4.78 is 22.3. The number of anilines is 1. The van der Waals surface area contributed by atoms with Gasteiger partial charge in [0.1, 0.15) is 17.4 Å². The molecule has 0 spiro atoms. The van der Waals surface area contributed by atoms with E-state index in [1.807, 2.05) is 66.7 Å². The zero-order chi connectivity index (χ0) is 27.0. The molecule has 0 saturated heterocycles. The van der Waals surface area contributed by atoms with Crippen LogP contribution in [-0.4, -0.2) is 12.6 Å².